The summed E-state index contributed by atoms with van der Waals surface area (Å²) in [5, 5.41) is 0. The third-order valence-electron chi connectivity index (χ3n) is 5.54. The molecular weight excluding hydrogens is 260 g/mol. The van der Waals surface area contributed by atoms with Gasteiger partial charge in [-0.2, -0.15) is 0 Å². The van der Waals surface area contributed by atoms with Crippen LogP contribution in [0.15, 0.2) is 30.3 Å². The van der Waals surface area contributed by atoms with Crippen LogP contribution in [0.5, 0.6) is 0 Å². The fourth-order valence-electron chi connectivity index (χ4n) is 4.11. The highest BCUT2D eigenvalue weighted by molar-refractivity contribution is 5.84. The van der Waals surface area contributed by atoms with E-state index >= 15 is 0 Å². The number of benzene rings is 1. The van der Waals surface area contributed by atoms with E-state index in [1.165, 1.54) is 38.5 Å². The SMILES string of the molecule is NCC(C(=O)N1CCC2(CCCC2)CC1)c1ccccc1. The first kappa shape index (κ1) is 14.6. The molecule has 1 aromatic carbocycles. The quantitative estimate of drug-likeness (QED) is 0.928. The molecule has 1 saturated heterocycles. The van der Waals surface area contributed by atoms with Crippen LogP contribution in [0.25, 0.3) is 0 Å². The summed E-state index contributed by atoms with van der Waals surface area (Å²) in [7, 11) is 0. The summed E-state index contributed by atoms with van der Waals surface area (Å²) in [6.07, 6.45) is 7.87. The van der Waals surface area contributed by atoms with E-state index in [1.54, 1.807) is 0 Å². The van der Waals surface area contributed by atoms with Gasteiger partial charge < -0.3 is 10.6 Å². The monoisotopic (exact) mass is 286 g/mol. The predicted octanol–water partition coefficient (Wildman–Crippen LogP) is 2.91. The highest BCUT2D eigenvalue weighted by atomic mass is 16.2. The number of hydrogen-bond acceptors (Lipinski definition) is 2. The molecule has 2 aliphatic rings. The van der Waals surface area contributed by atoms with Crippen LogP contribution in [-0.4, -0.2) is 30.4 Å². The van der Waals surface area contributed by atoms with Crippen LogP contribution in [0.2, 0.25) is 0 Å². The number of carbonyl (C=O) groups excluding carboxylic acids is 1. The van der Waals surface area contributed by atoms with Crippen LogP contribution in [0.3, 0.4) is 0 Å². The Balaban J connectivity index is 1.65. The second kappa shape index (κ2) is 6.18. The van der Waals surface area contributed by atoms with Gasteiger partial charge in [-0.25, -0.2) is 0 Å². The van der Waals surface area contributed by atoms with Crippen molar-refractivity contribution in [3.63, 3.8) is 0 Å². The summed E-state index contributed by atoms with van der Waals surface area (Å²) in [6.45, 7) is 2.23. The number of piperidine rings is 1. The van der Waals surface area contributed by atoms with E-state index in [9.17, 15) is 4.79 Å². The predicted molar refractivity (Wildman–Crippen MR) is 85.0 cm³/mol. The molecule has 1 saturated carbocycles. The molecule has 0 radical (unpaired) electrons. The number of amides is 1. The Morgan fingerprint density at radius 3 is 2.29 bits per heavy atom. The molecule has 1 spiro atoms. The molecular formula is C18H26N2O. The molecule has 21 heavy (non-hydrogen) atoms. The highest BCUT2D eigenvalue weighted by Crippen LogP contribution is 2.46. The third kappa shape index (κ3) is 2.98. The van der Waals surface area contributed by atoms with E-state index < -0.39 is 0 Å². The maximum absolute atomic E-state index is 12.8. The molecule has 3 heteroatoms. The number of hydrogen-bond donors (Lipinski definition) is 1. The maximum atomic E-state index is 12.8. The normalized spacial score (nSPS) is 22.4. The summed E-state index contributed by atoms with van der Waals surface area (Å²) in [6, 6.07) is 9.96. The number of rotatable bonds is 3. The van der Waals surface area contributed by atoms with Gasteiger partial charge in [-0.05, 0) is 36.7 Å². The molecule has 1 aliphatic heterocycles. The van der Waals surface area contributed by atoms with Crippen LogP contribution >= 0.6 is 0 Å². The largest absolute Gasteiger partial charge is 0.342 e. The van der Waals surface area contributed by atoms with Crippen molar-refractivity contribution >= 4 is 5.91 Å². The highest BCUT2D eigenvalue weighted by Gasteiger charge is 2.38. The van der Waals surface area contributed by atoms with Crippen LogP contribution < -0.4 is 5.73 Å². The van der Waals surface area contributed by atoms with Gasteiger partial charge in [-0.3, -0.25) is 4.79 Å². The molecule has 1 aromatic rings. The summed E-state index contributed by atoms with van der Waals surface area (Å²) >= 11 is 0. The molecule has 2 fully saturated rings. The lowest BCUT2D eigenvalue weighted by atomic mass is 9.77. The second-order valence-electron chi connectivity index (χ2n) is 6.73. The van der Waals surface area contributed by atoms with E-state index in [1.807, 2.05) is 35.2 Å². The molecule has 3 nitrogen and oxygen atoms in total. The van der Waals surface area contributed by atoms with Crippen LogP contribution in [-0.2, 0) is 4.79 Å². The Morgan fingerprint density at radius 1 is 1.10 bits per heavy atom. The van der Waals surface area contributed by atoms with Gasteiger partial charge in [-0.1, -0.05) is 43.2 Å². The fourth-order valence-corrected chi connectivity index (χ4v) is 4.11. The van der Waals surface area contributed by atoms with Crippen molar-refractivity contribution < 1.29 is 4.79 Å². The van der Waals surface area contributed by atoms with E-state index in [0.717, 1.165) is 18.7 Å². The van der Waals surface area contributed by atoms with Crippen molar-refractivity contribution in [1.82, 2.24) is 4.90 Å². The first-order valence-electron chi connectivity index (χ1n) is 8.28. The van der Waals surface area contributed by atoms with Gasteiger partial charge in [0, 0.05) is 19.6 Å². The summed E-state index contributed by atoms with van der Waals surface area (Å²) in [5.74, 6) is 0.0420. The molecule has 1 heterocycles. The zero-order valence-corrected chi connectivity index (χ0v) is 12.8. The Morgan fingerprint density at radius 2 is 1.71 bits per heavy atom. The van der Waals surface area contributed by atoms with Gasteiger partial charge >= 0.3 is 0 Å². The Hall–Kier alpha value is -1.35. The van der Waals surface area contributed by atoms with Crippen molar-refractivity contribution in [1.29, 1.82) is 0 Å². The van der Waals surface area contributed by atoms with Crippen LogP contribution in [0.1, 0.15) is 50.0 Å². The number of nitrogens with zero attached hydrogens (tertiary/aromatic N) is 1. The topological polar surface area (TPSA) is 46.3 Å². The Kier molecular flexibility index (Phi) is 4.29. The second-order valence-corrected chi connectivity index (χ2v) is 6.73. The minimum absolute atomic E-state index is 0.177. The molecule has 1 aliphatic carbocycles. The van der Waals surface area contributed by atoms with Crippen molar-refractivity contribution in [2.75, 3.05) is 19.6 Å². The molecule has 1 unspecified atom stereocenters. The van der Waals surface area contributed by atoms with Gasteiger partial charge in [-0.15, -0.1) is 0 Å². The summed E-state index contributed by atoms with van der Waals surface area (Å²) < 4.78 is 0. The summed E-state index contributed by atoms with van der Waals surface area (Å²) in [4.78, 5) is 14.8. The molecule has 114 valence electrons. The molecule has 0 aromatic heterocycles. The molecule has 1 amide bonds. The average molecular weight is 286 g/mol. The fraction of sp³-hybridized carbons (Fsp3) is 0.611. The maximum Gasteiger partial charge on any atom is 0.231 e. The third-order valence-corrected chi connectivity index (χ3v) is 5.54. The van der Waals surface area contributed by atoms with Gasteiger partial charge in [0.25, 0.3) is 0 Å². The smallest absolute Gasteiger partial charge is 0.231 e. The van der Waals surface area contributed by atoms with Crippen LogP contribution in [0.4, 0.5) is 0 Å². The molecule has 2 N–H and O–H groups in total. The van der Waals surface area contributed by atoms with Gasteiger partial charge in [0.15, 0.2) is 0 Å². The van der Waals surface area contributed by atoms with Gasteiger partial charge in [0.2, 0.25) is 5.91 Å². The zero-order valence-electron chi connectivity index (χ0n) is 12.8. The number of nitrogens with two attached hydrogens (primary N) is 1. The Bertz CT molecular complexity index is 469. The van der Waals surface area contributed by atoms with Crippen molar-refractivity contribution in [3.8, 4) is 0 Å². The lowest BCUT2D eigenvalue weighted by molar-refractivity contribution is -0.134. The minimum atomic E-state index is -0.177. The zero-order chi connectivity index (χ0) is 14.7. The first-order chi connectivity index (χ1) is 10.2. The minimum Gasteiger partial charge on any atom is -0.342 e. The number of carbonyl (C=O) groups is 1. The lowest BCUT2D eigenvalue weighted by Crippen LogP contribution is -2.45. The van der Waals surface area contributed by atoms with Gasteiger partial charge in [0.1, 0.15) is 0 Å². The van der Waals surface area contributed by atoms with Crippen molar-refractivity contribution in [2.24, 2.45) is 11.1 Å². The van der Waals surface area contributed by atoms with E-state index in [-0.39, 0.29) is 11.8 Å². The summed E-state index contributed by atoms with van der Waals surface area (Å²) in [5.41, 5.74) is 7.49. The lowest BCUT2D eigenvalue weighted by Gasteiger charge is -2.40. The van der Waals surface area contributed by atoms with Crippen LogP contribution in [0, 0.1) is 5.41 Å². The van der Waals surface area contributed by atoms with Crippen molar-refractivity contribution in [2.45, 2.75) is 44.4 Å². The Labute approximate surface area is 127 Å². The first-order valence-corrected chi connectivity index (χ1v) is 8.28. The standard InChI is InChI=1S/C18H26N2O/c19-14-16(15-6-2-1-3-7-15)17(21)20-12-10-18(11-13-20)8-4-5-9-18/h1-3,6-7,16H,4-5,8-14,19H2. The molecule has 3 rings (SSSR count). The molecule has 0 bridgehead atoms. The van der Waals surface area contributed by atoms with Crippen molar-refractivity contribution in [3.05, 3.63) is 35.9 Å². The average Bonchev–Trinajstić information content (AvgIpc) is 2.98. The number of likely N-dealkylation sites (tertiary alicyclic amines) is 1. The van der Waals surface area contributed by atoms with E-state index in [4.69, 9.17) is 5.73 Å². The molecule has 1 atom stereocenters. The van der Waals surface area contributed by atoms with E-state index in [2.05, 4.69) is 0 Å². The van der Waals surface area contributed by atoms with Gasteiger partial charge in [0.05, 0.1) is 5.92 Å². The van der Waals surface area contributed by atoms with E-state index in [0.29, 0.717) is 12.0 Å².